The van der Waals surface area contributed by atoms with Crippen molar-refractivity contribution in [2.45, 2.75) is 25.6 Å². The van der Waals surface area contributed by atoms with Crippen LogP contribution in [0.25, 0.3) is 0 Å². The standard InChI is InChI=1S/C11H15F3N4O2/c12-11(13,14)8-2-1-3-17(6-8)4-5-18-7-9(10(19)20)15-16-18/h7-8H,1-6H2,(H,19,20). The van der Waals surface area contributed by atoms with Gasteiger partial charge in [0, 0.05) is 13.1 Å². The fraction of sp³-hybridized carbons (Fsp3) is 0.727. The molecule has 1 aromatic rings. The first kappa shape index (κ1) is 14.8. The number of halogens is 3. The van der Waals surface area contributed by atoms with E-state index < -0.39 is 18.1 Å². The van der Waals surface area contributed by atoms with Crippen LogP contribution < -0.4 is 0 Å². The third-order valence-electron chi connectivity index (χ3n) is 3.37. The zero-order valence-electron chi connectivity index (χ0n) is 10.7. The summed E-state index contributed by atoms with van der Waals surface area (Å²) in [6, 6.07) is 0. The Hall–Kier alpha value is -1.64. The Bertz CT molecular complexity index is 474. The Morgan fingerprint density at radius 1 is 1.45 bits per heavy atom. The Labute approximate surface area is 113 Å². The molecule has 1 fully saturated rings. The van der Waals surface area contributed by atoms with Gasteiger partial charge < -0.3 is 10.0 Å². The van der Waals surface area contributed by atoms with Crippen LogP contribution in [0.3, 0.4) is 0 Å². The van der Waals surface area contributed by atoms with Crippen molar-refractivity contribution in [2.24, 2.45) is 5.92 Å². The maximum atomic E-state index is 12.7. The van der Waals surface area contributed by atoms with Crippen molar-refractivity contribution < 1.29 is 23.1 Å². The highest BCUT2D eigenvalue weighted by atomic mass is 19.4. The minimum atomic E-state index is -4.15. The van der Waals surface area contributed by atoms with E-state index in [1.807, 2.05) is 0 Å². The van der Waals surface area contributed by atoms with Crippen molar-refractivity contribution in [3.63, 3.8) is 0 Å². The van der Waals surface area contributed by atoms with E-state index in [9.17, 15) is 18.0 Å². The van der Waals surface area contributed by atoms with Crippen molar-refractivity contribution in [1.82, 2.24) is 19.9 Å². The van der Waals surface area contributed by atoms with Gasteiger partial charge in [-0.2, -0.15) is 13.2 Å². The normalized spacial score (nSPS) is 21.1. The largest absolute Gasteiger partial charge is 0.476 e. The highest BCUT2D eigenvalue weighted by molar-refractivity contribution is 5.84. The van der Waals surface area contributed by atoms with E-state index in [1.54, 1.807) is 4.90 Å². The average molecular weight is 292 g/mol. The summed E-state index contributed by atoms with van der Waals surface area (Å²) in [6.07, 6.45) is -2.19. The topological polar surface area (TPSA) is 71.2 Å². The Kier molecular flexibility index (Phi) is 4.26. The number of nitrogens with zero attached hydrogens (tertiary/aromatic N) is 4. The van der Waals surface area contributed by atoms with Crippen LogP contribution >= 0.6 is 0 Å². The second kappa shape index (κ2) is 5.78. The Morgan fingerprint density at radius 3 is 2.80 bits per heavy atom. The number of aromatic nitrogens is 3. The van der Waals surface area contributed by atoms with Crippen LogP contribution in [0.15, 0.2) is 6.20 Å². The van der Waals surface area contributed by atoms with Crippen molar-refractivity contribution in [2.75, 3.05) is 19.6 Å². The molecule has 1 aliphatic rings. The second-order valence-electron chi connectivity index (χ2n) is 4.85. The summed E-state index contributed by atoms with van der Waals surface area (Å²) in [7, 11) is 0. The van der Waals surface area contributed by atoms with Crippen LogP contribution in [0.4, 0.5) is 13.2 Å². The summed E-state index contributed by atoms with van der Waals surface area (Å²) in [5, 5.41) is 15.8. The molecule has 6 nitrogen and oxygen atoms in total. The zero-order valence-corrected chi connectivity index (χ0v) is 10.7. The SMILES string of the molecule is O=C(O)c1cn(CCN2CCCC(C(F)(F)F)C2)nn1. The molecule has 1 aromatic heterocycles. The lowest BCUT2D eigenvalue weighted by Crippen LogP contribution is -2.42. The maximum Gasteiger partial charge on any atom is 0.393 e. The van der Waals surface area contributed by atoms with Crippen LogP contribution in [-0.4, -0.2) is 56.8 Å². The van der Waals surface area contributed by atoms with Gasteiger partial charge in [0.15, 0.2) is 5.69 Å². The molecule has 1 unspecified atom stereocenters. The fourth-order valence-electron chi connectivity index (χ4n) is 2.28. The van der Waals surface area contributed by atoms with Gasteiger partial charge in [-0.25, -0.2) is 4.79 Å². The number of hydrogen-bond donors (Lipinski definition) is 1. The van der Waals surface area contributed by atoms with Gasteiger partial charge >= 0.3 is 12.1 Å². The summed E-state index contributed by atoms with van der Waals surface area (Å²) >= 11 is 0. The first-order chi connectivity index (χ1) is 9.36. The third-order valence-corrected chi connectivity index (χ3v) is 3.37. The molecule has 9 heteroatoms. The first-order valence-corrected chi connectivity index (χ1v) is 6.29. The van der Waals surface area contributed by atoms with Crippen LogP contribution in [0.1, 0.15) is 23.3 Å². The molecule has 0 aliphatic carbocycles. The summed E-state index contributed by atoms with van der Waals surface area (Å²) in [5.74, 6) is -2.45. The van der Waals surface area contributed by atoms with Gasteiger partial charge in [0.05, 0.1) is 18.7 Å². The molecular weight excluding hydrogens is 277 g/mol. The van der Waals surface area contributed by atoms with Gasteiger partial charge in [-0.05, 0) is 19.4 Å². The van der Waals surface area contributed by atoms with Crippen LogP contribution in [0.2, 0.25) is 0 Å². The van der Waals surface area contributed by atoms with E-state index in [0.717, 1.165) is 0 Å². The van der Waals surface area contributed by atoms with E-state index in [1.165, 1.54) is 10.9 Å². The molecule has 20 heavy (non-hydrogen) atoms. The molecular formula is C11H15F3N4O2. The number of carbonyl (C=O) groups is 1. The number of carboxylic acids is 1. The quantitative estimate of drug-likeness (QED) is 0.904. The molecule has 0 spiro atoms. The smallest absolute Gasteiger partial charge is 0.393 e. The second-order valence-corrected chi connectivity index (χ2v) is 4.85. The minimum Gasteiger partial charge on any atom is -0.476 e. The van der Waals surface area contributed by atoms with Crippen molar-refractivity contribution in [1.29, 1.82) is 0 Å². The minimum absolute atomic E-state index is 0.00994. The Morgan fingerprint density at radius 2 is 2.20 bits per heavy atom. The lowest BCUT2D eigenvalue weighted by molar-refractivity contribution is -0.186. The molecule has 0 aromatic carbocycles. The van der Waals surface area contributed by atoms with E-state index in [4.69, 9.17) is 5.11 Å². The third kappa shape index (κ3) is 3.69. The first-order valence-electron chi connectivity index (χ1n) is 6.29. The van der Waals surface area contributed by atoms with Crippen molar-refractivity contribution in [3.8, 4) is 0 Å². The van der Waals surface area contributed by atoms with Gasteiger partial charge in [0.25, 0.3) is 0 Å². The Balaban J connectivity index is 1.85. The number of piperidine rings is 1. The predicted octanol–water partition coefficient (Wildman–Crippen LogP) is 1.25. The van der Waals surface area contributed by atoms with Gasteiger partial charge in [0.2, 0.25) is 0 Å². The number of likely N-dealkylation sites (tertiary alicyclic amines) is 1. The van der Waals surface area contributed by atoms with Gasteiger partial charge in [-0.3, -0.25) is 4.68 Å². The van der Waals surface area contributed by atoms with Crippen LogP contribution in [0.5, 0.6) is 0 Å². The molecule has 0 saturated carbocycles. The number of aromatic carboxylic acids is 1. The monoisotopic (exact) mass is 292 g/mol. The summed E-state index contributed by atoms with van der Waals surface area (Å²) in [4.78, 5) is 12.3. The molecule has 1 atom stereocenters. The molecule has 1 N–H and O–H groups in total. The summed E-state index contributed by atoms with van der Waals surface area (Å²) in [5.41, 5.74) is -0.170. The molecule has 1 saturated heterocycles. The van der Waals surface area contributed by atoms with Gasteiger partial charge in [-0.15, -0.1) is 5.10 Å². The van der Waals surface area contributed by atoms with Crippen LogP contribution in [-0.2, 0) is 6.54 Å². The van der Waals surface area contributed by atoms with Crippen molar-refractivity contribution in [3.05, 3.63) is 11.9 Å². The maximum absolute atomic E-state index is 12.7. The molecule has 0 bridgehead atoms. The van der Waals surface area contributed by atoms with E-state index in [0.29, 0.717) is 26.1 Å². The van der Waals surface area contributed by atoms with E-state index in [2.05, 4.69) is 10.3 Å². The average Bonchev–Trinajstić information content (AvgIpc) is 2.85. The lowest BCUT2D eigenvalue weighted by Gasteiger charge is -2.33. The number of hydrogen-bond acceptors (Lipinski definition) is 4. The zero-order chi connectivity index (χ0) is 14.8. The number of carboxylic acid groups (broad SMARTS) is 1. The molecule has 0 amide bonds. The molecule has 2 rings (SSSR count). The highest BCUT2D eigenvalue weighted by Gasteiger charge is 2.41. The number of alkyl halides is 3. The summed E-state index contributed by atoms with van der Waals surface area (Å²) in [6.45, 7) is 1.33. The van der Waals surface area contributed by atoms with E-state index >= 15 is 0 Å². The summed E-state index contributed by atoms with van der Waals surface area (Å²) < 4.78 is 39.3. The van der Waals surface area contributed by atoms with Crippen molar-refractivity contribution >= 4 is 5.97 Å². The lowest BCUT2D eigenvalue weighted by atomic mass is 9.97. The predicted molar refractivity (Wildman–Crippen MR) is 62.2 cm³/mol. The van der Waals surface area contributed by atoms with Crippen LogP contribution in [0, 0.1) is 5.92 Å². The molecule has 0 radical (unpaired) electrons. The fourth-order valence-corrected chi connectivity index (χ4v) is 2.28. The van der Waals surface area contributed by atoms with Gasteiger partial charge in [-0.1, -0.05) is 5.21 Å². The molecule has 112 valence electrons. The highest BCUT2D eigenvalue weighted by Crippen LogP contribution is 2.32. The van der Waals surface area contributed by atoms with Gasteiger partial charge in [0.1, 0.15) is 0 Å². The number of rotatable bonds is 4. The molecule has 1 aliphatic heterocycles. The molecule has 2 heterocycles. The van der Waals surface area contributed by atoms with E-state index in [-0.39, 0.29) is 18.7 Å².